The van der Waals surface area contributed by atoms with Gasteiger partial charge in [-0.1, -0.05) is 104 Å². The van der Waals surface area contributed by atoms with Crippen molar-refractivity contribution in [2.75, 3.05) is 0 Å². The summed E-state index contributed by atoms with van der Waals surface area (Å²) in [7, 11) is 0. The molecule has 22 heavy (non-hydrogen) atoms. The fraction of sp³-hybridized carbons (Fsp3) is 0.950. The van der Waals surface area contributed by atoms with Crippen molar-refractivity contribution in [1.29, 1.82) is 0 Å². The van der Waals surface area contributed by atoms with Crippen LogP contribution in [-0.4, -0.2) is 11.1 Å². The van der Waals surface area contributed by atoms with Crippen molar-refractivity contribution >= 4 is 5.97 Å². The Hall–Kier alpha value is -0.530. The van der Waals surface area contributed by atoms with Gasteiger partial charge in [-0.3, -0.25) is 4.79 Å². The molecule has 1 unspecified atom stereocenters. The summed E-state index contributed by atoms with van der Waals surface area (Å²) in [4.78, 5) is 10.6. The Kier molecular flexibility index (Phi) is 16.4. The van der Waals surface area contributed by atoms with Gasteiger partial charge in [-0.15, -0.1) is 0 Å². The maximum Gasteiger partial charge on any atom is 0.303 e. The molecule has 0 aliphatic rings. The molecule has 0 saturated heterocycles. The van der Waals surface area contributed by atoms with Crippen LogP contribution in [0.2, 0.25) is 0 Å². The Morgan fingerprint density at radius 1 is 0.682 bits per heavy atom. The van der Waals surface area contributed by atoms with Crippen LogP contribution < -0.4 is 0 Å². The largest absolute Gasteiger partial charge is 0.481 e. The molecule has 0 spiro atoms. The third-order valence-corrected chi connectivity index (χ3v) is 4.68. The van der Waals surface area contributed by atoms with Crippen LogP contribution in [0.3, 0.4) is 0 Å². The standard InChI is InChI=1S/C20H40O2/c1-3-5-7-8-9-10-12-16-19(15-11-6-4-2)17-13-14-18-20(21)22/h19H,3-18H2,1-2H3,(H,21,22). The topological polar surface area (TPSA) is 37.3 Å². The summed E-state index contributed by atoms with van der Waals surface area (Å²) in [6.45, 7) is 4.53. The van der Waals surface area contributed by atoms with Crippen molar-refractivity contribution in [3.05, 3.63) is 0 Å². The van der Waals surface area contributed by atoms with E-state index in [9.17, 15) is 4.79 Å². The van der Waals surface area contributed by atoms with Gasteiger partial charge in [0.1, 0.15) is 0 Å². The summed E-state index contributed by atoms with van der Waals surface area (Å²) >= 11 is 0. The highest BCUT2D eigenvalue weighted by atomic mass is 16.4. The van der Waals surface area contributed by atoms with Crippen molar-refractivity contribution in [2.24, 2.45) is 5.92 Å². The first kappa shape index (κ1) is 21.5. The molecule has 0 radical (unpaired) electrons. The summed E-state index contributed by atoms with van der Waals surface area (Å²) < 4.78 is 0. The van der Waals surface area contributed by atoms with Crippen LogP contribution in [0.5, 0.6) is 0 Å². The first-order chi connectivity index (χ1) is 10.7. The van der Waals surface area contributed by atoms with Gasteiger partial charge in [-0.2, -0.15) is 0 Å². The Morgan fingerprint density at radius 2 is 1.09 bits per heavy atom. The fourth-order valence-corrected chi connectivity index (χ4v) is 3.22. The molecule has 0 bridgehead atoms. The third-order valence-electron chi connectivity index (χ3n) is 4.68. The number of aliphatic carboxylic acids is 1. The van der Waals surface area contributed by atoms with Crippen LogP contribution in [-0.2, 0) is 4.79 Å². The highest BCUT2D eigenvalue weighted by Crippen LogP contribution is 2.23. The molecular weight excluding hydrogens is 272 g/mol. The van der Waals surface area contributed by atoms with Crippen LogP contribution in [0.1, 0.15) is 117 Å². The van der Waals surface area contributed by atoms with Crippen LogP contribution >= 0.6 is 0 Å². The Morgan fingerprint density at radius 3 is 1.64 bits per heavy atom. The van der Waals surface area contributed by atoms with Gasteiger partial charge < -0.3 is 5.11 Å². The van der Waals surface area contributed by atoms with E-state index < -0.39 is 5.97 Å². The van der Waals surface area contributed by atoms with Crippen molar-refractivity contribution in [3.63, 3.8) is 0 Å². The van der Waals surface area contributed by atoms with Crippen LogP contribution in [0.15, 0.2) is 0 Å². The highest BCUT2D eigenvalue weighted by Gasteiger charge is 2.09. The minimum atomic E-state index is -0.644. The molecule has 132 valence electrons. The molecule has 0 rings (SSSR count). The second-order valence-electron chi connectivity index (χ2n) is 6.91. The number of carboxylic acids is 1. The second-order valence-corrected chi connectivity index (χ2v) is 6.91. The lowest BCUT2D eigenvalue weighted by molar-refractivity contribution is -0.137. The van der Waals surface area contributed by atoms with Gasteiger partial charge >= 0.3 is 5.97 Å². The number of unbranched alkanes of at least 4 members (excludes halogenated alkanes) is 9. The number of carbonyl (C=O) groups is 1. The summed E-state index contributed by atoms with van der Waals surface area (Å²) in [5.74, 6) is 0.200. The molecule has 0 fully saturated rings. The molecule has 0 heterocycles. The zero-order valence-electron chi connectivity index (χ0n) is 15.2. The average molecular weight is 313 g/mol. The monoisotopic (exact) mass is 312 g/mol. The SMILES string of the molecule is CCCCCCCCCC(CCCCC)CCCCC(=O)O. The number of hydrogen-bond acceptors (Lipinski definition) is 1. The first-order valence-electron chi connectivity index (χ1n) is 9.92. The van der Waals surface area contributed by atoms with E-state index in [1.807, 2.05) is 0 Å². The van der Waals surface area contributed by atoms with Crippen molar-refractivity contribution in [2.45, 2.75) is 117 Å². The maximum atomic E-state index is 10.6. The molecule has 0 aliphatic heterocycles. The predicted molar refractivity (Wildman–Crippen MR) is 96.3 cm³/mol. The molecule has 0 saturated carbocycles. The van der Waals surface area contributed by atoms with Gasteiger partial charge in [0.15, 0.2) is 0 Å². The molecule has 0 aliphatic carbocycles. The molecule has 1 N–H and O–H groups in total. The van der Waals surface area contributed by atoms with E-state index in [0.29, 0.717) is 6.42 Å². The van der Waals surface area contributed by atoms with E-state index in [4.69, 9.17) is 5.11 Å². The molecule has 0 aromatic carbocycles. The van der Waals surface area contributed by atoms with E-state index in [2.05, 4.69) is 13.8 Å². The first-order valence-corrected chi connectivity index (χ1v) is 9.92. The quantitative estimate of drug-likeness (QED) is 0.294. The van der Waals surface area contributed by atoms with Gasteiger partial charge in [0.25, 0.3) is 0 Å². The average Bonchev–Trinajstić information content (AvgIpc) is 2.49. The van der Waals surface area contributed by atoms with E-state index in [1.54, 1.807) is 0 Å². The van der Waals surface area contributed by atoms with Crippen LogP contribution in [0, 0.1) is 5.92 Å². The Labute approximate surface area is 139 Å². The third kappa shape index (κ3) is 15.9. The predicted octanol–water partition coefficient (Wildman–Crippen LogP) is 6.97. The summed E-state index contributed by atoms with van der Waals surface area (Å²) in [5, 5.41) is 8.71. The van der Waals surface area contributed by atoms with Crippen LogP contribution in [0.25, 0.3) is 0 Å². The fourth-order valence-electron chi connectivity index (χ4n) is 3.22. The molecular formula is C20H40O2. The van der Waals surface area contributed by atoms with E-state index in [1.165, 1.54) is 83.5 Å². The van der Waals surface area contributed by atoms with E-state index in [0.717, 1.165) is 18.8 Å². The molecule has 2 heteroatoms. The zero-order chi connectivity index (χ0) is 16.5. The lowest BCUT2D eigenvalue weighted by atomic mass is 9.90. The van der Waals surface area contributed by atoms with Crippen LogP contribution in [0.4, 0.5) is 0 Å². The van der Waals surface area contributed by atoms with Crippen molar-refractivity contribution in [3.8, 4) is 0 Å². The molecule has 0 aromatic heterocycles. The van der Waals surface area contributed by atoms with Crippen molar-refractivity contribution < 1.29 is 9.90 Å². The van der Waals surface area contributed by atoms with Gasteiger partial charge in [0, 0.05) is 6.42 Å². The normalized spacial score (nSPS) is 12.5. The minimum absolute atomic E-state index is 0.346. The van der Waals surface area contributed by atoms with Crippen molar-refractivity contribution in [1.82, 2.24) is 0 Å². The number of hydrogen-bond donors (Lipinski definition) is 1. The summed E-state index contributed by atoms with van der Waals surface area (Å²) in [6.07, 6.45) is 20.0. The molecule has 0 amide bonds. The minimum Gasteiger partial charge on any atom is -0.481 e. The van der Waals surface area contributed by atoms with Gasteiger partial charge in [-0.05, 0) is 12.3 Å². The Balaban J connectivity index is 3.70. The number of rotatable bonds is 17. The lowest BCUT2D eigenvalue weighted by Gasteiger charge is -2.16. The Bertz CT molecular complexity index is 238. The highest BCUT2D eigenvalue weighted by molar-refractivity contribution is 5.66. The zero-order valence-corrected chi connectivity index (χ0v) is 15.2. The second kappa shape index (κ2) is 16.8. The summed E-state index contributed by atoms with van der Waals surface area (Å²) in [6, 6.07) is 0. The van der Waals surface area contributed by atoms with E-state index in [-0.39, 0.29) is 0 Å². The molecule has 1 atom stereocenters. The van der Waals surface area contributed by atoms with Gasteiger partial charge in [0.2, 0.25) is 0 Å². The van der Waals surface area contributed by atoms with Gasteiger partial charge in [0.05, 0.1) is 0 Å². The smallest absolute Gasteiger partial charge is 0.303 e. The summed E-state index contributed by atoms with van der Waals surface area (Å²) in [5.41, 5.74) is 0. The number of carboxylic acid groups (broad SMARTS) is 1. The maximum absolute atomic E-state index is 10.6. The van der Waals surface area contributed by atoms with E-state index >= 15 is 0 Å². The lowest BCUT2D eigenvalue weighted by Crippen LogP contribution is -2.02. The molecule has 0 aromatic rings. The molecule has 2 nitrogen and oxygen atoms in total. The van der Waals surface area contributed by atoms with Gasteiger partial charge in [-0.25, -0.2) is 0 Å².